The molecule has 0 spiro atoms. The van der Waals surface area contributed by atoms with Crippen molar-refractivity contribution in [1.82, 2.24) is 5.32 Å². The Morgan fingerprint density at radius 1 is 1.06 bits per heavy atom. The fourth-order valence-electron chi connectivity index (χ4n) is 4.19. The summed E-state index contributed by atoms with van der Waals surface area (Å²) in [6.45, 7) is 10.5. The average molecular weight is 507 g/mol. The Morgan fingerprint density at radius 2 is 1.72 bits per heavy atom. The molecular formula is C29H34N2O4S. The third kappa shape index (κ3) is 5.41. The van der Waals surface area contributed by atoms with Crippen LogP contribution in [-0.2, 0) is 20.2 Å². The van der Waals surface area contributed by atoms with Crippen molar-refractivity contribution in [2.45, 2.75) is 57.0 Å². The number of sulfonamides is 1. The van der Waals surface area contributed by atoms with Crippen LogP contribution in [0.5, 0.6) is 5.75 Å². The standard InChI is InChI=1S/C29H34N2O4S/c1-20-11-14-24(15-12-20)36(33,34)31-19-27(28(32)30-18-21(2)22-9-7-6-8-10-22)35-26-16-13-23(17-25(26)31)29(3,4)5/h6-17,21,27H,18-19H2,1-5H3,(H,30,32)/t21-,27+/m1/s1. The van der Waals surface area contributed by atoms with E-state index < -0.39 is 16.1 Å². The molecule has 1 amide bonds. The third-order valence-corrected chi connectivity index (χ3v) is 8.34. The molecule has 0 radical (unpaired) electrons. The molecule has 2 atom stereocenters. The number of carbonyl (C=O) groups is 1. The maximum Gasteiger partial charge on any atom is 0.264 e. The van der Waals surface area contributed by atoms with Crippen LogP contribution < -0.4 is 14.4 Å². The number of fused-ring (bicyclic) bond motifs is 1. The van der Waals surface area contributed by atoms with Crippen LogP contribution in [0.2, 0.25) is 0 Å². The smallest absolute Gasteiger partial charge is 0.264 e. The number of nitrogens with one attached hydrogen (secondary N) is 1. The van der Waals surface area contributed by atoms with Gasteiger partial charge in [0.15, 0.2) is 6.10 Å². The maximum absolute atomic E-state index is 13.8. The largest absolute Gasteiger partial charge is 0.476 e. The molecule has 190 valence electrons. The summed E-state index contributed by atoms with van der Waals surface area (Å²) in [5.74, 6) is 0.140. The highest BCUT2D eigenvalue weighted by atomic mass is 32.2. The second-order valence-corrected chi connectivity index (χ2v) is 12.3. The van der Waals surface area contributed by atoms with Crippen LogP contribution in [-0.4, -0.2) is 33.5 Å². The van der Waals surface area contributed by atoms with E-state index in [1.807, 2.05) is 56.3 Å². The molecule has 7 heteroatoms. The lowest BCUT2D eigenvalue weighted by molar-refractivity contribution is -0.127. The van der Waals surface area contributed by atoms with Gasteiger partial charge in [-0.15, -0.1) is 0 Å². The van der Waals surface area contributed by atoms with E-state index >= 15 is 0 Å². The fraction of sp³-hybridized carbons (Fsp3) is 0.345. The van der Waals surface area contributed by atoms with Crippen LogP contribution in [0.15, 0.2) is 77.7 Å². The summed E-state index contributed by atoms with van der Waals surface area (Å²) >= 11 is 0. The Morgan fingerprint density at radius 3 is 2.36 bits per heavy atom. The fourth-order valence-corrected chi connectivity index (χ4v) is 5.65. The number of benzene rings is 3. The molecule has 1 aliphatic rings. The number of nitrogens with zero attached hydrogens (tertiary/aromatic N) is 1. The minimum Gasteiger partial charge on any atom is -0.476 e. The zero-order chi connectivity index (χ0) is 26.1. The van der Waals surface area contributed by atoms with Crippen LogP contribution >= 0.6 is 0 Å². The molecule has 1 N–H and O–H groups in total. The predicted molar refractivity (Wildman–Crippen MR) is 143 cm³/mol. The van der Waals surface area contributed by atoms with Gasteiger partial charge in [0.25, 0.3) is 15.9 Å². The van der Waals surface area contributed by atoms with Gasteiger partial charge in [-0.3, -0.25) is 9.10 Å². The Bertz CT molecular complexity index is 1330. The third-order valence-electron chi connectivity index (χ3n) is 6.55. The summed E-state index contributed by atoms with van der Waals surface area (Å²) in [7, 11) is -3.92. The first kappa shape index (κ1) is 25.8. The Kier molecular flexibility index (Phi) is 7.14. The lowest BCUT2D eigenvalue weighted by Crippen LogP contribution is -2.51. The summed E-state index contributed by atoms with van der Waals surface area (Å²) in [4.78, 5) is 13.3. The number of hydrogen-bond acceptors (Lipinski definition) is 4. The van der Waals surface area contributed by atoms with E-state index in [1.54, 1.807) is 30.3 Å². The van der Waals surface area contributed by atoms with Gasteiger partial charge in [-0.25, -0.2) is 8.42 Å². The van der Waals surface area contributed by atoms with Crippen molar-refractivity contribution in [3.8, 4) is 5.75 Å². The zero-order valence-corrected chi connectivity index (χ0v) is 22.3. The second kappa shape index (κ2) is 9.97. The van der Waals surface area contributed by atoms with Crippen molar-refractivity contribution in [1.29, 1.82) is 0 Å². The van der Waals surface area contributed by atoms with Crippen LogP contribution in [0.1, 0.15) is 50.3 Å². The molecule has 0 unspecified atom stereocenters. The number of rotatable bonds is 6. The quantitative estimate of drug-likeness (QED) is 0.501. The first-order valence-electron chi connectivity index (χ1n) is 12.2. The molecule has 0 saturated carbocycles. The van der Waals surface area contributed by atoms with E-state index in [1.165, 1.54) is 4.31 Å². The van der Waals surface area contributed by atoms with Gasteiger partial charge in [-0.2, -0.15) is 0 Å². The van der Waals surface area contributed by atoms with Gasteiger partial charge in [0.2, 0.25) is 0 Å². The monoisotopic (exact) mass is 506 g/mol. The van der Waals surface area contributed by atoms with E-state index in [-0.39, 0.29) is 28.7 Å². The van der Waals surface area contributed by atoms with E-state index in [2.05, 4.69) is 26.1 Å². The Labute approximate surface area is 214 Å². The highest BCUT2D eigenvalue weighted by Crippen LogP contribution is 2.40. The van der Waals surface area contributed by atoms with Gasteiger partial charge in [0.1, 0.15) is 5.75 Å². The van der Waals surface area contributed by atoms with E-state index in [0.29, 0.717) is 18.0 Å². The Balaban J connectivity index is 1.64. The van der Waals surface area contributed by atoms with Crippen molar-refractivity contribution in [3.63, 3.8) is 0 Å². The molecule has 4 rings (SSSR count). The van der Waals surface area contributed by atoms with Crippen LogP contribution in [0.4, 0.5) is 5.69 Å². The molecule has 36 heavy (non-hydrogen) atoms. The molecule has 6 nitrogen and oxygen atoms in total. The highest BCUT2D eigenvalue weighted by molar-refractivity contribution is 7.92. The van der Waals surface area contributed by atoms with Crippen molar-refractivity contribution < 1.29 is 17.9 Å². The molecule has 1 heterocycles. The minimum atomic E-state index is -3.92. The molecule has 0 aromatic heterocycles. The minimum absolute atomic E-state index is 0.104. The number of ether oxygens (including phenoxy) is 1. The van der Waals surface area contributed by atoms with Gasteiger partial charge >= 0.3 is 0 Å². The molecule has 0 fully saturated rings. The summed E-state index contributed by atoms with van der Waals surface area (Å²) in [6.07, 6.45) is -0.971. The number of hydrogen-bond donors (Lipinski definition) is 1. The van der Waals surface area contributed by atoms with E-state index in [0.717, 1.165) is 16.7 Å². The summed E-state index contributed by atoms with van der Waals surface area (Å²) in [5, 5.41) is 2.95. The van der Waals surface area contributed by atoms with Crippen LogP contribution in [0.25, 0.3) is 0 Å². The number of carbonyl (C=O) groups excluding carboxylic acids is 1. The summed E-state index contributed by atoms with van der Waals surface area (Å²) in [5.41, 5.74) is 3.33. The molecular weight excluding hydrogens is 472 g/mol. The van der Waals surface area contributed by atoms with Gasteiger partial charge in [0, 0.05) is 6.54 Å². The first-order valence-corrected chi connectivity index (χ1v) is 13.6. The van der Waals surface area contributed by atoms with Crippen molar-refractivity contribution in [3.05, 3.63) is 89.5 Å². The zero-order valence-electron chi connectivity index (χ0n) is 21.5. The van der Waals surface area contributed by atoms with E-state index in [4.69, 9.17) is 4.74 Å². The lowest BCUT2D eigenvalue weighted by atomic mass is 9.86. The molecule has 3 aromatic rings. The first-order chi connectivity index (χ1) is 17.0. The van der Waals surface area contributed by atoms with Crippen molar-refractivity contribution in [2.75, 3.05) is 17.4 Å². The van der Waals surface area contributed by atoms with Gasteiger partial charge in [-0.05, 0) is 53.6 Å². The van der Waals surface area contributed by atoms with Gasteiger partial charge < -0.3 is 10.1 Å². The van der Waals surface area contributed by atoms with Crippen molar-refractivity contribution in [2.24, 2.45) is 0 Å². The normalized spacial score (nSPS) is 16.6. The Hall–Kier alpha value is -3.32. The second-order valence-electron chi connectivity index (χ2n) is 10.4. The molecule has 0 aliphatic carbocycles. The number of anilines is 1. The van der Waals surface area contributed by atoms with E-state index in [9.17, 15) is 13.2 Å². The molecule has 0 bridgehead atoms. The SMILES string of the molecule is Cc1ccc(S(=O)(=O)N2C[C@@H](C(=O)NC[C@@H](C)c3ccccc3)Oc3ccc(C(C)(C)C)cc32)cc1. The maximum atomic E-state index is 13.8. The average Bonchev–Trinajstić information content (AvgIpc) is 2.86. The summed E-state index contributed by atoms with van der Waals surface area (Å²) < 4.78 is 34.9. The number of aryl methyl sites for hydroxylation is 1. The van der Waals surface area contributed by atoms with Crippen molar-refractivity contribution >= 4 is 21.6 Å². The topological polar surface area (TPSA) is 75.7 Å². The van der Waals surface area contributed by atoms with Crippen LogP contribution in [0.3, 0.4) is 0 Å². The van der Waals surface area contributed by atoms with Gasteiger partial charge in [-0.1, -0.05) is 81.8 Å². The number of amides is 1. The lowest BCUT2D eigenvalue weighted by Gasteiger charge is -2.36. The van der Waals surface area contributed by atoms with Gasteiger partial charge in [0.05, 0.1) is 17.1 Å². The predicted octanol–water partition coefficient (Wildman–Crippen LogP) is 5.17. The highest BCUT2D eigenvalue weighted by Gasteiger charge is 2.38. The molecule has 0 saturated heterocycles. The molecule has 3 aromatic carbocycles. The molecule has 1 aliphatic heterocycles. The summed E-state index contributed by atoms with van der Waals surface area (Å²) in [6, 6.07) is 22.2. The van der Waals surface area contributed by atoms with Crippen LogP contribution in [0, 0.1) is 6.92 Å².